The summed E-state index contributed by atoms with van der Waals surface area (Å²) in [4.78, 5) is 24.8. The Morgan fingerprint density at radius 1 is 1.09 bits per heavy atom. The lowest BCUT2D eigenvalue weighted by atomic mass is 10.0. The minimum atomic E-state index is -1.70. The molecule has 0 spiro atoms. The molecule has 1 aromatic rings. The molecule has 0 saturated carbocycles. The number of carbonyl (C=O) groups is 2. The smallest absolute Gasteiger partial charge is 0.340 e. The van der Waals surface area contributed by atoms with Gasteiger partial charge >= 0.3 is 5.97 Å². The molecule has 5 nitrogen and oxygen atoms in total. The van der Waals surface area contributed by atoms with E-state index in [9.17, 15) is 9.59 Å². The van der Waals surface area contributed by atoms with E-state index < -0.39 is 26.5 Å². The number of carbonyl (C=O) groups excluding carboxylic acids is 2. The van der Waals surface area contributed by atoms with Gasteiger partial charge < -0.3 is 13.9 Å². The molecule has 1 unspecified atom stereocenters. The van der Waals surface area contributed by atoms with Crippen LogP contribution in [0.15, 0.2) is 42.0 Å². The topological polar surface area (TPSA) is 61.8 Å². The number of ether oxygens (including phenoxy) is 2. The van der Waals surface area contributed by atoms with Gasteiger partial charge in [-0.15, -0.1) is 0 Å². The van der Waals surface area contributed by atoms with E-state index in [1.165, 1.54) is 19.6 Å². The molecule has 0 bridgehead atoms. The maximum atomic E-state index is 12.6. The fourth-order valence-electron chi connectivity index (χ4n) is 3.29. The largest absolute Gasteiger partial charge is 0.452 e. The average Bonchev–Trinajstić information content (AvgIpc) is 2.75. The summed E-state index contributed by atoms with van der Waals surface area (Å²) in [6, 6.07) is 9.16. The Morgan fingerprint density at radius 3 is 2.24 bits per heavy atom. The first-order valence-electron chi connectivity index (χ1n) is 12.4. The van der Waals surface area contributed by atoms with Crippen molar-refractivity contribution in [3.05, 3.63) is 47.5 Å². The fraction of sp³-hybridized carbons (Fsp3) is 0.643. The van der Waals surface area contributed by atoms with Gasteiger partial charge in [0.05, 0.1) is 0 Å². The first kappa shape index (κ1) is 30.3. The molecule has 1 rings (SSSR count). The second-order valence-electron chi connectivity index (χ2n) is 10.9. The molecule has 192 valence electrons. The van der Waals surface area contributed by atoms with Crippen LogP contribution < -0.4 is 0 Å². The Kier molecular flexibility index (Phi) is 12.4. The van der Waals surface area contributed by atoms with Crippen molar-refractivity contribution in [2.45, 2.75) is 97.6 Å². The molecule has 0 saturated heterocycles. The first-order valence-corrected chi connectivity index (χ1v) is 15.3. The highest BCUT2D eigenvalue weighted by Gasteiger charge is 2.37. The SMILES string of the molecule is CO[C@@H](C(=O)OC(C/C=C(/C)CCC[C@H](C)CO[Si](C)(C)C(C)(C)C)C(C)=O)c1ccccc1. The van der Waals surface area contributed by atoms with Crippen LogP contribution in [0.5, 0.6) is 0 Å². The zero-order valence-electron chi connectivity index (χ0n) is 22.8. The van der Waals surface area contributed by atoms with Crippen molar-refractivity contribution in [3.63, 3.8) is 0 Å². The van der Waals surface area contributed by atoms with Crippen molar-refractivity contribution in [1.29, 1.82) is 0 Å². The van der Waals surface area contributed by atoms with Crippen molar-refractivity contribution < 1.29 is 23.5 Å². The molecule has 0 heterocycles. The van der Waals surface area contributed by atoms with Crippen molar-refractivity contribution in [3.8, 4) is 0 Å². The van der Waals surface area contributed by atoms with Crippen LogP contribution in [0.4, 0.5) is 0 Å². The van der Waals surface area contributed by atoms with Crippen LogP contribution in [0.3, 0.4) is 0 Å². The monoisotopic (exact) mass is 490 g/mol. The maximum Gasteiger partial charge on any atom is 0.340 e. The van der Waals surface area contributed by atoms with E-state index in [1.54, 1.807) is 12.1 Å². The number of methoxy groups -OCH3 is 1. The Balaban J connectivity index is 2.53. The number of hydrogen-bond donors (Lipinski definition) is 0. The lowest BCUT2D eigenvalue weighted by Crippen LogP contribution is -2.41. The van der Waals surface area contributed by atoms with E-state index >= 15 is 0 Å². The number of hydrogen-bond acceptors (Lipinski definition) is 5. The molecule has 6 heteroatoms. The molecule has 0 fully saturated rings. The molecule has 0 N–H and O–H groups in total. The molecular weight excluding hydrogens is 444 g/mol. The summed E-state index contributed by atoms with van der Waals surface area (Å²) in [5.41, 5.74) is 1.90. The van der Waals surface area contributed by atoms with E-state index in [-0.39, 0.29) is 10.8 Å². The van der Waals surface area contributed by atoms with Gasteiger partial charge in [-0.3, -0.25) is 4.79 Å². The third kappa shape index (κ3) is 10.2. The van der Waals surface area contributed by atoms with Gasteiger partial charge in [-0.05, 0) is 62.7 Å². The summed E-state index contributed by atoms with van der Waals surface area (Å²) in [5, 5.41) is 0.229. The van der Waals surface area contributed by atoms with Crippen LogP contribution in [-0.2, 0) is 23.5 Å². The molecule has 0 radical (unpaired) electrons. The number of esters is 1. The normalized spacial score (nSPS) is 15.5. The van der Waals surface area contributed by atoms with Crippen molar-refractivity contribution in [2.75, 3.05) is 13.7 Å². The predicted octanol–water partition coefficient (Wildman–Crippen LogP) is 7.04. The summed E-state index contributed by atoms with van der Waals surface area (Å²) < 4.78 is 17.2. The number of rotatable bonds is 14. The van der Waals surface area contributed by atoms with E-state index in [0.29, 0.717) is 17.9 Å². The van der Waals surface area contributed by atoms with Gasteiger partial charge in [-0.25, -0.2) is 4.79 Å². The van der Waals surface area contributed by atoms with Gasteiger partial charge in [0.2, 0.25) is 0 Å². The second kappa shape index (κ2) is 14.0. The zero-order chi connectivity index (χ0) is 25.9. The van der Waals surface area contributed by atoms with Crippen LogP contribution in [0.2, 0.25) is 18.1 Å². The number of allylic oxidation sites excluding steroid dienone is 1. The summed E-state index contributed by atoms with van der Waals surface area (Å²) in [7, 11) is -0.242. The third-order valence-electron chi connectivity index (χ3n) is 6.75. The van der Waals surface area contributed by atoms with Crippen LogP contribution in [0.1, 0.15) is 78.9 Å². The van der Waals surface area contributed by atoms with Crippen molar-refractivity contribution in [2.24, 2.45) is 5.92 Å². The van der Waals surface area contributed by atoms with E-state index in [2.05, 4.69) is 47.7 Å². The molecule has 0 amide bonds. The summed E-state index contributed by atoms with van der Waals surface area (Å²) in [5.74, 6) is -0.205. The van der Waals surface area contributed by atoms with Crippen molar-refractivity contribution in [1.82, 2.24) is 0 Å². The third-order valence-corrected chi connectivity index (χ3v) is 11.2. The first-order chi connectivity index (χ1) is 15.8. The summed E-state index contributed by atoms with van der Waals surface area (Å²) in [6.07, 6.45) is 3.85. The summed E-state index contributed by atoms with van der Waals surface area (Å²) in [6.45, 7) is 18.0. The Labute approximate surface area is 208 Å². The average molecular weight is 491 g/mol. The quantitative estimate of drug-likeness (QED) is 0.159. The second-order valence-corrected chi connectivity index (χ2v) is 15.7. The number of ketones is 1. The van der Waals surface area contributed by atoms with E-state index in [0.717, 1.165) is 25.9 Å². The van der Waals surface area contributed by atoms with Gasteiger partial charge in [0.15, 0.2) is 26.3 Å². The van der Waals surface area contributed by atoms with Gasteiger partial charge in [0.1, 0.15) is 0 Å². The highest BCUT2D eigenvalue weighted by atomic mass is 28.4. The fourth-order valence-corrected chi connectivity index (χ4v) is 4.42. The Morgan fingerprint density at radius 2 is 1.71 bits per heavy atom. The molecule has 1 aromatic carbocycles. The minimum Gasteiger partial charge on any atom is -0.452 e. The standard InChI is InChI=1S/C28H46O5Si/c1-21(14-13-15-22(2)20-32-34(8,9)28(4,5)6)18-19-25(23(3)29)33-27(30)26(31-7)24-16-11-10-12-17-24/h10-12,16-18,22,25-26H,13-15,19-20H2,1-9H3/b21-18-/t22-,25?,26+/m0/s1. The molecule has 3 atom stereocenters. The molecule has 0 aliphatic rings. The Hall–Kier alpha value is -1.76. The van der Waals surface area contributed by atoms with Gasteiger partial charge in [-0.1, -0.05) is 69.7 Å². The highest BCUT2D eigenvalue weighted by Crippen LogP contribution is 2.37. The van der Waals surface area contributed by atoms with Gasteiger partial charge in [-0.2, -0.15) is 0 Å². The zero-order valence-corrected chi connectivity index (χ0v) is 23.8. The minimum absolute atomic E-state index is 0.170. The molecule has 0 aromatic heterocycles. The molecule has 0 aliphatic carbocycles. The van der Waals surface area contributed by atoms with Gasteiger partial charge in [0, 0.05) is 20.1 Å². The molecule has 0 aliphatic heterocycles. The molecular formula is C28H46O5Si. The summed E-state index contributed by atoms with van der Waals surface area (Å²) >= 11 is 0. The molecule has 34 heavy (non-hydrogen) atoms. The van der Waals surface area contributed by atoms with Crippen LogP contribution in [0, 0.1) is 5.92 Å². The number of benzene rings is 1. The predicted molar refractivity (Wildman–Crippen MR) is 141 cm³/mol. The lowest BCUT2D eigenvalue weighted by molar-refractivity contribution is -0.164. The highest BCUT2D eigenvalue weighted by molar-refractivity contribution is 6.74. The van der Waals surface area contributed by atoms with E-state index in [4.69, 9.17) is 13.9 Å². The van der Waals surface area contributed by atoms with Gasteiger partial charge in [0.25, 0.3) is 0 Å². The van der Waals surface area contributed by atoms with Crippen LogP contribution in [-0.4, -0.2) is 39.9 Å². The number of Topliss-reactive ketones (excluding diaryl/α,β-unsaturated/α-hetero) is 1. The van der Waals surface area contributed by atoms with Crippen LogP contribution in [0.25, 0.3) is 0 Å². The van der Waals surface area contributed by atoms with Crippen molar-refractivity contribution >= 4 is 20.1 Å². The lowest BCUT2D eigenvalue weighted by Gasteiger charge is -2.37. The van der Waals surface area contributed by atoms with E-state index in [1.807, 2.05) is 24.3 Å². The Bertz CT molecular complexity index is 795. The maximum absolute atomic E-state index is 12.6. The van der Waals surface area contributed by atoms with Crippen LogP contribution >= 0.6 is 0 Å².